The number of nitrogens with zero attached hydrogens (tertiary/aromatic N) is 1. The van der Waals surface area contributed by atoms with Crippen LogP contribution in [-0.2, 0) is 0 Å². The van der Waals surface area contributed by atoms with Crippen LogP contribution in [0.1, 0.15) is 5.69 Å². The van der Waals surface area contributed by atoms with Gasteiger partial charge in [0.25, 0.3) is 0 Å². The molecular weight excluding hydrogens is 160 g/mol. The first-order chi connectivity index (χ1) is 5.24. The SMILES string of the molecule is [CH2]C#Cc1nc(Cl)ccc1N. The smallest absolute Gasteiger partial charge is 0.137 e. The van der Waals surface area contributed by atoms with E-state index in [1.165, 1.54) is 0 Å². The lowest BCUT2D eigenvalue weighted by Gasteiger charge is -1.95. The molecule has 11 heavy (non-hydrogen) atoms. The van der Waals surface area contributed by atoms with Crippen LogP contribution in [-0.4, -0.2) is 4.98 Å². The van der Waals surface area contributed by atoms with Gasteiger partial charge in [-0.3, -0.25) is 0 Å². The van der Waals surface area contributed by atoms with Crippen molar-refractivity contribution in [2.75, 3.05) is 5.73 Å². The molecule has 3 heteroatoms. The Morgan fingerprint density at radius 2 is 2.27 bits per heavy atom. The minimum absolute atomic E-state index is 0.386. The second kappa shape index (κ2) is 3.27. The number of halogens is 1. The third-order valence-corrected chi connectivity index (χ3v) is 1.31. The first-order valence-corrected chi connectivity index (χ1v) is 3.32. The molecule has 0 bridgehead atoms. The summed E-state index contributed by atoms with van der Waals surface area (Å²) in [6.07, 6.45) is 0. The monoisotopic (exact) mass is 165 g/mol. The molecule has 0 aromatic carbocycles. The summed E-state index contributed by atoms with van der Waals surface area (Å²) in [7, 11) is 0. The number of pyridine rings is 1. The second-order valence-electron chi connectivity index (χ2n) is 1.87. The Balaban J connectivity index is 3.19. The minimum atomic E-state index is 0.386. The first-order valence-electron chi connectivity index (χ1n) is 2.94. The lowest BCUT2D eigenvalue weighted by molar-refractivity contribution is 1.29. The van der Waals surface area contributed by atoms with E-state index in [4.69, 9.17) is 17.3 Å². The van der Waals surface area contributed by atoms with Gasteiger partial charge in [-0.05, 0) is 18.1 Å². The normalized spacial score (nSPS) is 8.55. The first kappa shape index (κ1) is 7.90. The molecule has 0 spiro atoms. The fraction of sp³-hybridized carbons (Fsp3) is 0. The van der Waals surface area contributed by atoms with Crippen LogP contribution in [0.2, 0.25) is 5.15 Å². The third-order valence-electron chi connectivity index (χ3n) is 1.10. The molecule has 2 nitrogen and oxygen atoms in total. The van der Waals surface area contributed by atoms with Crippen LogP contribution in [0.25, 0.3) is 0 Å². The number of nitrogens with two attached hydrogens (primary N) is 1. The van der Waals surface area contributed by atoms with Crippen molar-refractivity contribution in [3.63, 3.8) is 0 Å². The summed E-state index contributed by atoms with van der Waals surface area (Å²) in [6.45, 7) is 3.35. The van der Waals surface area contributed by atoms with Crippen LogP contribution in [0.15, 0.2) is 12.1 Å². The molecule has 0 fully saturated rings. The van der Waals surface area contributed by atoms with Crippen LogP contribution in [0.5, 0.6) is 0 Å². The van der Waals surface area contributed by atoms with E-state index in [0.717, 1.165) is 0 Å². The molecule has 0 saturated carbocycles. The highest BCUT2D eigenvalue weighted by Crippen LogP contribution is 2.11. The van der Waals surface area contributed by atoms with Crippen molar-refractivity contribution in [2.45, 2.75) is 0 Å². The van der Waals surface area contributed by atoms with Gasteiger partial charge in [-0.1, -0.05) is 17.5 Å². The zero-order chi connectivity index (χ0) is 8.27. The lowest BCUT2D eigenvalue weighted by Crippen LogP contribution is -1.92. The molecule has 0 aliphatic heterocycles. The van der Waals surface area contributed by atoms with Crippen molar-refractivity contribution in [3.8, 4) is 11.8 Å². The molecule has 0 amide bonds. The van der Waals surface area contributed by atoms with E-state index < -0.39 is 0 Å². The van der Waals surface area contributed by atoms with E-state index in [1.54, 1.807) is 12.1 Å². The summed E-state index contributed by atoms with van der Waals surface area (Å²) in [5.41, 5.74) is 6.52. The number of hydrogen-bond donors (Lipinski definition) is 1. The molecular formula is C8H6ClN2. The van der Waals surface area contributed by atoms with Gasteiger partial charge in [0.05, 0.1) is 5.69 Å². The largest absolute Gasteiger partial charge is 0.396 e. The molecule has 0 atom stereocenters. The summed E-state index contributed by atoms with van der Waals surface area (Å²) in [6, 6.07) is 3.28. The highest BCUT2D eigenvalue weighted by atomic mass is 35.5. The summed E-state index contributed by atoms with van der Waals surface area (Å²) in [5, 5.41) is 0.386. The summed E-state index contributed by atoms with van der Waals surface area (Å²) in [5.74, 6) is 5.09. The van der Waals surface area contributed by atoms with Gasteiger partial charge in [-0.15, -0.1) is 0 Å². The highest BCUT2D eigenvalue weighted by molar-refractivity contribution is 6.29. The van der Waals surface area contributed by atoms with Gasteiger partial charge in [-0.2, -0.15) is 0 Å². The molecule has 0 aliphatic rings. The van der Waals surface area contributed by atoms with Gasteiger partial charge in [0.1, 0.15) is 10.8 Å². The van der Waals surface area contributed by atoms with Crippen molar-refractivity contribution < 1.29 is 0 Å². The van der Waals surface area contributed by atoms with Crippen LogP contribution in [0, 0.1) is 18.8 Å². The summed E-state index contributed by atoms with van der Waals surface area (Å²) in [4.78, 5) is 3.89. The molecule has 0 saturated heterocycles. The summed E-state index contributed by atoms with van der Waals surface area (Å²) >= 11 is 5.60. The van der Waals surface area contributed by atoms with Crippen molar-refractivity contribution in [1.82, 2.24) is 4.98 Å². The predicted molar refractivity (Wildman–Crippen MR) is 45.9 cm³/mol. The average molecular weight is 166 g/mol. The number of hydrogen-bond acceptors (Lipinski definition) is 2. The van der Waals surface area contributed by atoms with E-state index >= 15 is 0 Å². The Morgan fingerprint density at radius 3 is 2.91 bits per heavy atom. The van der Waals surface area contributed by atoms with Crippen molar-refractivity contribution in [3.05, 3.63) is 29.9 Å². The Bertz CT molecular complexity index is 323. The van der Waals surface area contributed by atoms with E-state index in [0.29, 0.717) is 16.5 Å². The average Bonchev–Trinajstić information content (AvgIpc) is 1.98. The van der Waals surface area contributed by atoms with E-state index in [9.17, 15) is 0 Å². The fourth-order valence-electron chi connectivity index (χ4n) is 0.630. The van der Waals surface area contributed by atoms with Gasteiger partial charge < -0.3 is 5.73 Å². The fourth-order valence-corrected chi connectivity index (χ4v) is 0.777. The van der Waals surface area contributed by atoms with Crippen LogP contribution in [0.4, 0.5) is 5.69 Å². The number of anilines is 1. The maximum atomic E-state index is 5.60. The van der Waals surface area contributed by atoms with Gasteiger partial charge in [-0.25, -0.2) is 4.98 Å². The molecule has 1 aromatic rings. The van der Waals surface area contributed by atoms with Crippen molar-refractivity contribution in [2.24, 2.45) is 0 Å². The molecule has 1 rings (SSSR count). The van der Waals surface area contributed by atoms with E-state index in [2.05, 4.69) is 23.7 Å². The Labute approximate surface area is 70.4 Å². The van der Waals surface area contributed by atoms with Crippen LogP contribution < -0.4 is 5.73 Å². The van der Waals surface area contributed by atoms with Gasteiger partial charge in [0, 0.05) is 6.92 Å². The number of nitrogen functional groups attached to an aromatic ring is 1. The molecule has 55 valence electrons. The molecule has 0 aliphatic carbocycles. The lowest BCUT2D eigenvalue weighted by atomic mass is 10.3. The maximum absolute atomic E-state index is 5.60. The zero-order valence-electron chi connectivity index (χ0n) is 5.76. The van der Waals surface area contributed by atoms with Crippen LogP contribution in [0.3, 0.4) is 0 Å². The second-order valence-corrected chi connectivity index (χ2v) is 2.26. The third kappa shape index (κ3) is 1.86. The topological polar surface area (TPSA) is 38.9 Å². The van der Waals surface area contributed by atoms with Crippen molar-refractivity contribution in [1.29, 1.82) is 0 Å². The molecule has 1 heterocycles. The van der Waals surface area contributed by atoms with Crippen LogP contribution >= 0.6 is 11.6 Å². The van der Waals surface area contributed by atoms with E-state index in [-0.39, 0.29) is 0 Å². The number of rotatable bonds is 0. The van der Waals surface area contributed by atoms with Crippen molar-refractivity contribution >= 4 is 17.3 Å². The Kier molecular flexibility index (Phi) is 2.35. The van der Waals surface area contributed by atoms with Gasteiger partial charge >= 0.3 is 0 Å². The highest BCUT2D eigenvalue weighted by Gasteiger charge is 1.96. The van der Waals surface area contributed by atoms with Gasteiger partial charge in [0.2, 0.25) is 0 Å². The zero-order valence-corrected chi connectivity index (χ0v) is 6.52. The quantitative estimate of drug-likeness (QED) is 0.468. The summed E-state index contributed by atoms with van der Waals surface area (Å²) < 4.78 is 0. The van der Waals surface area contributed by atoms with E-state index in [1.807, 2.05) is 0 Å². The minimum Gasteiger partial charge on any atom is -0.396 e. The Hall–Kier alpha value is -1.20. The maximum Gasteiger partial charge on any atom is 0.137 e. The molecule has 0 unspecified atom stereocenters. The molecule has 1 aromatic heterocycles. The molecule has 1 radical (unpaired) electrons. The van der Waals surface area contributed by atoms with Gasteiger partial charge in [0.15, 0.2) is 0 Å². The molecule has 2 N–H and O–H groups in total. The number of aromatic nitrogens is 1. The standard InChI is InChI=1S/C8H6ClN2/c1-2-3-7-6(10)4-5-8(9)11-7/h4-5H,1,10H2. The Morgan fingerprint density at radius 1 is 1.55 bits per heavy atom. The predicted octanol–water partition coefficient (Wildman–Crippen LogP) is 1.50.